The van der Waals surface area contributed by atoms with Crippen molar-refractivity contribution in [1.82, 2.24) is 0 Å². The fraction of sp³-hybridized carbons (Fsp3) is 0.240. The molecule has 0 bridgehead atoms. The molecule has 166 valence electrons. The molecular formula is C25H25NO6. The highest BCUT2D eigenvalue weighted by atomic mass is 16.5. The third kappa shape index (κ3) is 4.45. The molecule has 0 spiro atoms. The van der Waals surface area contributed by atoms with E-state index in [0.29, 0.717) is 52.0 Å². The second-order valence-corrected chi connectivity index (χ2v) is 7.88. The van der Waals surface area contributed by atoms with Crippen molar-refractivity contribution in [3.05, 3.63) is 76.5 Å². The summed E-state index contributed by atoms with van der Waals surface area (Å²) < 4.78 is 17.2. The smallest absolute Gasteiger partial charge is 0.200 e. The lowest BCUT2D eigenvalue weighted by Crippen LogP contribution is -2.47. The first kappa shape index (κ1) is 21.8. The number of benzene rings is 3. The predicted octanol–water partition coefficient (Wildman–Crippen LogP) is 3.36. The van der Waals surface area contributed by atoms with E-state index in [1.165, 1.54) is 0 Å². The minimum absolute atomic E-state index is 0.125. The molecule has 0 fully saturated rings. The van der Waals surface area contributed by atoms with Crippen molar-refractivity contribution < 1.29 is 24.1 Å². The van der Waals surface area contributed by atoms with E-state index >= 15 is 0 Å². The van der Waals surface area contributed by atoms with Gasteiger partial charge in [0.25, 0.3) is 0 Å². The topological polar surface area (TPSA) is 115 Å². The first-order valence-corrected chi connectivity index (χ1v) is 10.3. The minimum atomic E-state index is -1.05. The number of aliphatic hydroxyl groups excluding tert-OH is 2. The molecule has 0 aliphatic heterocycles. The maximum absolute atomic E-state index is 13.0. The minimum Gasteiger partial charge on any atom is -0.497 e. The molecule has 4 rings (SSSR count). The Morgan fingerprint density at radius 1 is 0.906 bits per heavy atom. The number of rotatable bonds is 8. The largest absolute Gasteiger partial charge is 0.497 e. The van der Waals surface area contributed by atoms with Crippen molar-refractivity contribution in [2.24, 2.45) is 5.73 Å². The Hall–Kier alpha value is -3.39. The summed E-state index contributed by atoms with van der Waals surface area (Å²) in [6.07, 6.45) is 0.913. The molecule has 4 N–H and O–H groups in total. The predicted molar refractivity (Wildman–Crippen MR) is 122 cm³/mol. The molecule has 0 unspecified atom stereocenters. The van der Waals surface area contributed by atoms with Crippen molar-refractivity contribution >= 4 is 21.9 Å². The first-order chi connectivity index (χ1) is 15.4. The fourth-order valence-electron chi connectivity index (χ4n) is 3.50. The lowest BCUT2D eigenvalue weighted by Gasteiger charge is -2.24. The second-order valence-electron chi connectivity index (χ2n) is 7.88. The molecule has 1 heterocycles. The molecule has 32 heavy (non-hydrogen) atoms. The maximum atomic E-state index is 13.0. The summed E-state index contributed by atoms with van der Waals surface area (Å²) in [7, 11) is 1.59. The SMILES string of the molecule is COc1cccc(Oc2ccc3c(=O)c4ccc(CCC(N)(CO)CO)cc4oc3c2)c1. The van der Waals surface area contributed by atoms with Crippen molar-refractivity contribution in [2.75, 3.05) is 20.3 Å². The van der Waals surface area contributed by atoms with Crippen LogP contribution in [0.1, 0.15) is 12.0 Å². The van der Waals surface area contributed by atoms with Crippen molar-refractivity contribution in [3.8, 4) is 17.2 Å². The maximum Gasteiger partial charge on any atom is 0.200 e. The zero-order valence-corrected chi connectivity index (χ0v) is 17.7. The van der Waals surface area contributed by atoms with E-state index in [4.69, 9.17) is 19.6 Å². The standard InChI is InChI=1S/C25H25NO6/c1-30-17-3-2-4-18(12-17)31-19-6-8-21-23(13-19)32-22-11-16(5-7-20(22)24(21)29)9-10-25(26,14-27)15-28/h2-8,11-13,27-28H,9-10,14-15,26H2,1H3. The third-order valence-electron chi connectivity index (χ3n) is 5.53. The van der Waals surface area contributed by atoms with Crippen LogP contribution in [-0.2, 0) is 6.42 Å². The van der Waals surface area contributed by atoms with E-state index in [-0.39, 0.29) is 18.6 Å². The first-order valence-electron chi connectivity index (χ1n) is 10.3. The van der Waals surface area contributed by atoms with Crippen LogP contribution in [-0.4, -0.2) is 36.1 Å². The van der Waals surface area contributed by atoms with Gasteiger partial charge in [0.15, 0.2) is 0 Å². The summed E-state index contributed by atoms with van der Waals surface area (Å²) in [5.41, 5.74) is 6.54. The highest BCUT2D eigenvalue weighted by Crippen LogP contribution is 2.29. The molecule has 0 aliphatic rings. The summed E-state index contributed by atoms with van der Waals surface area (Å²) >= 11 is 0. The van der Waals surface area contributed by atoms with Gasteiger partial charge in [0.1, 0.15) is 28.4 Å². The number of hydrogen-bond donors (Lipinski definition) is 3. The van der Waals surface area contributed by atoms with Gasteiger partial charge in [-0.15, -0.1) is 0 Å². The highest BCUT2D eigenvalue weighted by Gasteiger charge is 2.22. The molecule has 0 amide bonds. The quantitative estimate of drug-likeness (QED) is 0.364. The Morgan fingerprint density at radius 3 is 2.28 bits per heavy atom. The van der Waals surface area contributed by atoms with Crippen LogP contribution in [0, 0.1) is 0 Å². The van der Waals surface area contributed by atoms with Crippen LogP contribution in [0.2, 0.25) is 0 Å². The van der Waals surface area contributed by atoms with E-state index in [2.05, 4.69) is 0 Å². The van der Waals surface area contributed by atoms with Gasteiger partial charge in [-0.3, -0.25) is 4.79 Å². The number of methoxy groups -OCH3 is 1. The van der Waals surface area contributed by atoms with E-state index in [1.807, 2.05) is 24.3 Å². The number of aliphatic hydroxyl groups is 2. The van der Waals surface area contributed by atoms with Crippen LogP contribution < -0.4 is 20.6 Å². The van der Waals surface area contributed by atoms with Gasteiger partial charge in [-0.1, -0.05) is 12.1 Å². The van der Waals surface area contributed by atoms with E-state index in [9.17, 15) is 15.0 Å². The van der Waals surface area contributed by atoms with Crippen LogP contribution in [0.4, 0.5) is 0 Å². The molecule has 0 saturated carbocycles. The highest BCUT2D eigenvalue weighted by molar-refractivity contribution is 5.90. The lowest BCUT2D eigenvalue weighted by molar-refractivity contribution is 0.115. The van der Waals surface area contributed by atoms with Gasteiger partial charge < -0.3 is 29.8 Å². The Morgan fingerprint density at radius 2 is 1.56 bits per heavy atom. The van der Waals surface area contributed by atoms with Crippen LogP contribution in [0.3, 0.4) is 0 Å². The van der Waals surface area contributed by atoms with Gasteiger partial charge >= 0.3 is 0 Å². The average molecular weight is 435 g/mol. The molecule has 3 aromatic carbocycles. The number of ether oxygens (including phenoxy) is 2. The lowest BCUT2D eigenvalue weighted by atomic mass is 9.93. The van der Waals surface area contributed by atoms with E-state index in [0.717, 1.165) is 5.56 Å². The molecular weight excluding hydrogens is 410 g/mol. The molecule has 1 aromatic heterocycles. The van der Waals surface area contributed by atoms with Crippen molar-refractivity contribution in [3.63, 3.8) is 0 Å². The molecule has 0 radical (unpaired) electrons. The monoisotopic (exact) mass is 435 g/mol. The Kier molecular flexibility index (Phi) is 6.14. The third-order valence-corrected chi connectivity index (χ3v) is 5.53. The van der Waals surface area contributed by atoms with Gasteiger partial charge in [-0.2, -0.15) is 0 Å². The average Bonchev–Trinajstić information content (AvgIpc) is 2.82. The van der Waals surface area contributed by atoms with Gasteiger partial charge in [0.05, 0.1) is 36.6 Å². The normalized spacial score (nSPS) is 11.8. The number of nitrogens with two attached hydrogens (primary N) is 1. The number of fused-ring (bicyclic) bond motifs is 2. The van der Waals surface area contributed by atoms with Crippen molar-refractivity contribution in [2.45, 2.75) is 18.4 Å². The Labute approximate surface area is 184 Å². The number of aryl methyl sites for hydroxylation is 1. The van der Waals surface area contributed by atoms with Gasteiger partial charge in [-0.05, 0) is 54.8 Å². The van der Waals surface area contributed by atoms with Gasteiger partial charge in [0.2, 0.25) is 5.43 Å². The van der Waals surface area contributed by atoms with Crippen LogP contribution in [0.25, 0.3) is 21.9 Å². The zero-order chi connectivity index (χ0) is 22.7. The summed E-state index contributed by atoms with van der Waals surface area (Å²) in [4.78, 5) is 13.0. The second kappa shape index (κ2) is 9.00. The van der Waals surface area contributed by atoms with Crippen LogP contribution >= 0.6 is 0 Å². The Bertz CT molecular complexity index is 1310. The fourth-order valence-corrected chi connectivity index (χ4v) is 3.50. The van der Waals surface area contributed by atoms with E-state index < -0.39 is 5.54 Å². The molecule has 0 atom stereocenters. The Balaban J connectivity index is 1.67. The molecule has 4 aromatic rings. The molecule has 0 saturated heterocycles. The molecule has 0 aliphatic carbocycles. The summed E-state index contributed by atoms with van der Waals surface area (Å²) in [5.74, 6) is 1.81. The molecule has 7 nitrogen and oxygen atoms in total. The van der Waals surface area contributed by atoms with Gasteiger partial charge in [-0.25, -0.2) is 0 Å². The number of hydrogen-bond acceptors (Lipinski definition) is 7. The summed E-state index contributed by atoms with van der Waals surface area (Å²) in [6.45, 7) is -0.625. The van der Waals surface area contributed by atoms with Crippen LogP contribution in [0.5, 0.6) is 17.2 Å². The molecule has 7 heteroatoms. The summed E-state index contributed by atoms with van der Waals surface area (Å²) in [5, 5.41) is 19.7. The zero-order valence-electron chi connectivity index (χ0n) is 17.7. The van der Waals surface area contributed by atoms with E-state index in [1.54, 1.807) is 43.5 Å². The van der Waals surface area contributed by atoms with Crippen LogP contribution in [0.15, 0.2) is 69.9 Å². The van der Waals surface area contributed by atoms with Crippen molar-refractivity contribution in [1.29, 1.82) is 0 Å². The van der Waals surface area contributed by atoms with Gasteiger partial charge in [0, 0.05) is 12.1 Å². The summed E-state index contributed by atoms with van der Waals surface area (Å²) in [6, 6.07) is 17.7.